The lowest BCUT2D eigenvalue weighted by molar-refractivity contribution is -0.0328. The molecule has 1 amide bonds. The second-order valence-electron chi connectivity index (χ2n) is 8.97. The number of nitrogens with one attached hydrogen (secondary N) is 1. The summed E-state index contributed by atoms with van der Waals surface area (Å²) >= 11 is -0.124. The Balaban J connectivity index is 1.66. The molecule has 1 heterocycles. The van der Waals surface area contributed by atoms with Crippen molar-refractivity contribution in [2.24, 2.45) is 5.10 Å². The molecule has 3 aromatic carbocycles. The SMILES string of the molecule is CCN1/C(=C\C=N\NC(=O)c2ccccc2)C(C)(Cc2ccc(SC(F)(F)F)cc2)c2cc(OC)ccc21. The van der Waals surface area contributed by atoms with E-state index in [1.807, 2.05) is 37.3 Å². The van der Waals surface area contributed by atoms with E-state index >= 15 is 0 Å². The van der Waals surface area contributed by atoms with Gasteiger partial charge >= 0.3 is 5.51 Å². The number of anilines is 1. The first-order valence-electron chi connectivity index (χ1n) is 12.0. The lowest BCUT2D eigenvalue weighted by atomic mass is 9.76. The number of hydrogen-bond donors (Lipinski definition) is 1. The van der Waals surface area contributed by atoms with Crippen LogP contribution in [0.3, 0.4) is 0 Å². The van der Waals surface area contributed by atoms with Crippen molar-refractivity contribution in [3.63, 3.8) is 0 Å². The number of hydrogen-bond acceptors (Lipinski definition) is 5. The van der Waals surface area contributed by atoms with Crippen LogP contribution < -0.4 is 15.1 Å². The first-order valence-corrected chi connectivity index (χ1v) is 12.9. The van der Waals surface area contributed by atoms with Gasteiger partial charge in [-0.25, -0.2) is 5.43 Å². The maximum Gasteiger partial charge on any atom is 0.446 e. The summed E-state index contributed by atoms with van der Waals surface area (Å²) in [5, 5.41) is 4.13. The predicted molar refractivity (Wildman–Crippen MR) is 146 cm³/mol. The minimum Gasteiger partial charge on any atom is -0.497 e. The van der Waals surface area contributed by atoms with Gasteiger partial charge in [0.25, 0.3) is 5.91 Å². The van der Waals surface area contributed by atoms with Gasteiger partial charge in [-0.15, -0.1) is 0 Å². The van der Waals surface area contributed by atoms with Crippen LogP contribution >= 0.6 is 11.8 Å². The van der Waals surface area contributed by atoms with E-state index in [4.69, 9.17) is 4.74 Å². The van der Waals surface area contributed by atoms with Crippen LogP contribution in [0, 0.1) is 0 Å². The van der Waals surface area contributed by atoms with Gasteiger partial charge in [0, 0.05) is 40.0 Å². The van der Waals surface area contributed by atoms with E-state index in [1.54, 1.807) is 49.7 Å². The van der Waals surface area contributed by atoms with Gasteiger partial charge in [0.2, 0.25) is 0 Å². The highest BCUT2D eigenvalue weighted by molar-refractivity contribution is 8.00. The summed E-state index contributed by atoms with van der Waals surface area (Å²) < 4.78 is 43.9. The zero-order valence-corrected chi connectivity index (χ0v) is 22.1. The maximum absolute atomic E-state index is 12.8. The number of alkyl halides is 3. The molecule has 1 unspecified atom stereocenters. The number of fused-ring (bicyclic) bond motifs is 1. The minimum atomic E-state index is -4.33. The fraction of sp³-hybridized carbons (Fsp3) is 0.241. The van der Waals surface area contributed by atoms with E-state index in [2.05, 4.69) is 22.4 Å². The third-order valence-electron chi connectivity index (χ3n) is 6.48. The molecule has 0 aliphatic carbocycles. The van der Waals surface area contributed by atoms with Gasteiger partial charge in [0.1, 0.15) is 5.75 Å². The number of carbonyl (C=O) groups is 1. The number of amides is 1. The Morgan fingerprint density at radius 3 is 2.45 bits per heavy atom. The lowest BCUT2D eigenvalue weighted by Gasteiger charge is -2.30. The summed E-state index contributed by atoms with van der Waals surface area (Å²) in [5.74, 6) is 0.402. The number of benzene rings is 3. The summed E-state index contributed by atoms with van der Waals surface area (Å²) in [4.78, 5) is 14.7. The highest BCUT2D eigenvalue weighted by atomic mass is 32.2. The van der Waals surface area contributed by atoms with Crippen LogP contribution in [-0.4, -0.2) is 31.3 Å². The van der Waals surface area contributed by atoms with Crippen LogP contribution in [0.1, 0.15) is 35.3 Å². The number of thioether (sulfide) groups is 1. The molecule has 3 aromatic rings. The van der Waals surface area contributed by atoms with E-state index in [0.29, 0.717) is 24.3 Å². The predicted octanol–water partition coefficient (Wildman–Crippen LogP) is 6.95. The first-order chi connectivity index (χ1) is 18.1. The number of carbonyl (C=O) groups excluding carboxylic acids is 1. The van der Waals surface area contributed by atoms with Gasteiger partial charge in [0.15, 0.2) is 0 Å². The number of rotatable bonds is 8. The van der Waals surface area contributed by atoms with Crippen molar-refractivity contribution in [3.8, 4) is 5.75 Å². The third-order valence-corrected chi connectivity index (χ3v) is 7.22. The second-order valence-corrected chi connectivity index (χ2v) is 10.1. The van der Waals surface area contributed by atoms with E-state index in [-0.39, 0.29) is 22.6 Å². The maximum atomic E-state index is 12.8. The Hall–Kier alpha value is -3.72. The molecule has 0 saturated carbocycles. The van der Waals surface area contributed by atoms with E-state index in [9.17, 15) is 18.0 Å². The van der Waals surface area contributed by atoms with E-state index < -0.39 is 10.9 Å². The zero-order valence-electron chi connectivity index (χ0n) is 21.3. The van der Waals surface area contributed by atoms with Crippen LogP contribution in [0.15, 0.2) is 94.6 Å². The molecule has 1 atom stereocenters. The topological polar surface area (TPSA) is 53.9 Å². The van der Waals surface area contributed by atoms with Crippen molar-refractivity contribution in [2.75, 3.05) is 18.6 Å². The van der Waals surface area contributed by atoms with E-state index in [0.717, 1.165) is 22.5 Å². The van der Waals surface area contributed by atoms with Crippen LogP contribution in [0.25, 0.3) is 0 Å². The lowest BCUT2D eigenvalue weighted by Crippen LogP contribution is -2.31. The summed E-state index contributed by atoms with van der Waals surface area (Å²) in [6.07, 6.45) is 3.97. The number of methoxy groups -OCH3 is 1. The molecule has 1 N–H and O–H groups in total. The van der Waals surface area contributed by atoms with Crippen molar-refractivity contribution >= 4 is 29.6 Å². The average Bonchev–Trinajstić information content (AvgIpc) is 3.13. The molecule has 0 spiro atoms. The molecular weight excluding hydrogens is 511 g/mol. The Morgan fingerprint density at radius 1 is 1.11 bits per heavy atom. The van der Waals surface area contributed by atoms with Crippen molar-refractivity contribution in [2.45, 2.75) is 36.1 Å². The number of allylic oxidation sites excluding steroid dienone is 2. The van der Waals surface area contributed by atoms with E-state index in [1.165, 1.54) is 12.1 Å². The van der Waals surface area contributed by atoms with Crippen LogP contribution in [0.2, 0.25) is 0 Å². The van der Waals surface area contributed by atoms with Gasteiger partial charge in [0.05, 0.1) is 7.11 Å². The Bertz CT molecular complexity index is 1340. The van der Waals surface area contributed by atoms with Gasteiger partial charge in [-0.3, -0.25) is 4.79 Å². The molecular formula is C29H28F3N3O2S. The van der Waals surface area contributed by atoms with Crippen molar-refractivity contribution in [3.05, 3.63) is 101 Å². The van der Waals surface area contributed by atoms with Gasteiger partial charge in [-0.2, -0.15) is 18.3 Å². The Morgan fingerprint density at radius 2 is 1.82 bits per heavy atom. The molecule has 0 aromatic heterocycles. The number of nitrogens with zero attached hydrogens (tertiary/aromatic N) is 2. The summed E-state index contributed by atoms with van der Waals surface area (Å²) in [5.41, 5.74) is 2.10. The van der Waals surface area contributed by atoms with Gasteiger partial charge in [-0.1, -0.05) is 30.3 Å². The molecule has 5 nitrogen and oxygen atoms in total. The minimum absolute atomic E-state index is 0.124. The number of halogens is 3. The standard InChI is InChI=1S/C29H28F3N3O2S/c1-4-35-25-15-12-22(37-3)18-24(25)28(2,19-20-10-13-23(14-11-20)38-29(30,31)32)26(35)16-17-33-34-27(36)21-8-6-5-7-9-21/h5-18H,4,19H2,1-3H3,(H,34,36)/b26-16-,33-17+. The Kier molecular flexibility index (Phi) is 8.16. The quantitative estimate of drug-likeness (QED) is 0.191. The highest BCUT2D eigenvalue weighted by Gasteiger charge is 2.43. The fourth-order valence-electron chi connectivity index (χ4n) is 4.76. The molecule has 198 valence electrons. The number of likely N-dealkylation sites (N-methyl/N-ethyl adjacent to an activating group) is 1. The number of hydrazone groups is 1. The molecule has 1 aliphatic rings. The monoisotopic (exact) mass is 539 g/mol. The molecule has 1 aliphatic heterocycles. The summed E-state index contributed by atoms with van der Waals surface area (Å²) in [7, 11) is 1.61. The summed E-state index contributed by atoms with van der Waals surface area (Å²) in [6.45, 7) is 4.83. The van der Waals surface area contributed by atoms with Crippen molar-refractivity contribution in [1.82, 2.24) is 5.43 Å². The average molecular weight is 540 g/mol. The smallest absolute Gasteiger partial charge is 0.446 e. The van der Waals surface area contributed by atoms with Crippen molar-refractivity contribution < 1.29 is 22.7 Å². The molecule has 0 saturated heterocycles. The molecule has 0 fully saturated rings. The molecule has 0 radical (unpaired) electrons. The molecule has 9 heteroatoms. The molecule has 0 bridgehead atoms. The highest BCUT2D eigenvalue weighted by Crippen LogP contribution is 2.50. The zero-order chi connectivity index (χ0) is 27.3. The largest absolute Gasteiger partial charge is 0.497 e. The number of ether oxygens (including phenoxy) is 1. The Labute approximate surface area is 224 Å². The summed E-state index contributed by atoms with van der Waals surface area (Å²) in [6, 6.07) is 21.2. The van der Waals surface area contributed by atoms with Crippen LogP contribution in [0.4, 0.5) is 18.9 Å². The molecule has 38 heavy (non-hydrogen) atoms. The normalized spacial score (nSPS) is 18.2. The molecule has 4 rings (SSSR count). The van der Waals surface area contributed by atoms with Crippen LogP contribution in [0.5, 0.6) is 5.75 Å². The van der Waals surface area contributed by atoms with Crippen molar-refractivity contribution in [1.29, 1.82) is 0 Å². The van der Waals surface area contributed by atoms with Crippen LogP contribution in [-0.2, 0) is 11.8 Å². The third kappa shape index (κ3) is 6.05. The van der Waals surface area contributed by atoms with Gasteiger partial charge < -0.3 is 9.64 Å². The fourth-order valence-corrected chi connectivity index (χ4v) is 5.30. The second kappa shape index (κ2) is 11.3. The first kappa shape index (κ1) is 27.3. The van der Waals surface area contributed by atoms with Gasteiger partial charge in [-0.05, 0) is 91.7 Å².